The Labute approximate surface area is 207 Å². The molecule has 0 atom stereocenters. The van der Waals surface area contributed by atoms with Gasteiger partial charge < -0.3 is 19.5 Å². The fraction of sp³-hybridized carbons (Fsp3) is 0.200. The number of alkyl halides is 6. The maximum atomic E-state index is 13.0. The first-order valence-corrected chi connectivity index (χ1v) is 10.1. The maximum Gasteiger partial charge on any atom is 0.434 e. The van der Waals surface area contributed by atoms with Gasteiger partial charge in [-0.15, -0.1) is 0 Å². The van der Waals surface area contributed by atoms with Gasteiger partial charge in [0.25, 0.3) is 17.7 Å². The summed E-state index contributed by atoms with van der Waals surface area (Å²) in [5.74, 6) is -0.197. The van der Waals surface area contributed by atoms with E-state index in [1.807, 2.05) is 0 Å². The number of hydrazone groups is 1. The van der Waals surface area contributed by atoms with Crippen LogP contribution in [0.25, 0.3) is 0 Å². The van der Waals surface area contributed by atoms with Crippen molar-refractivity contribution in [2.45, 2.75) is 18.5 Å². The van der Waals surface area contributed by atoms with E-state index in [9.17, 15) is 36.5 Å². The number of ether oxygens (including phenoxy) is 3. The van der Waals surface area contributed by atoms with Crippen molar-refractivity contribution >= 4 is 29.5 Å². The standard InChI is InChI=1S/C20H13F6N7O5/c21-19(22,23)15(20(24,25)26)38-18-30-16(28-11-2-4-12(5-3-11)33(34)35)29-17(31-18)32-27-8-10-1-6-13-14(7-10)37-9-36-13/h1-8,15H,9H2,(H2,28,29,30,31,32). The van der Waals surface area contributed by atoms with Gasteiger partial charge in [-0.3, -0.25) is 10.1 Å². The first-order chi connectivity index (χ1) is 17.9. The molecule has 0 unspecified atom stereocenters. The molecule has 1 aliphatic rings. The monoisotopic (exact) mass is 545 g/mol. The average molecular weight is 545 g/mol. The summed E-state index contributed by atoms with van der Waals surface area (Å²) in [6.45, 7) is 0.0309. The summed E-state index contributed by atoms with van der Waals surface area (Å²) in [7, 11) is 0. The highest BCUT2D eigenvalue weighted by atomic mass is 19.4. The summed E-state index contributed by atoms with van der Waals surface area (Å²) in [6, 6.07) is 8.04. The van der Waals surface area contributed by atoms with Crippen molar-refractivity contribution in [1.82, 2.24) is 15.0 Å². The normalized spacial score (nSPS) is 13.1. The van der Waals surface area contributed by atoms with Crippen molar-refractivity contribution in [2.24, 2.45) is 5.10 Å². The summed E-state index contributed by atoms with van der Waals surface area (Å²) < 4.78 is 92.4. The van der Waals surface area contributed by atoms with E-state index in [2.05, 4.69) is 35.5 Å². The van der Waals surface area contributed by atoms with Crippen LogP contribution in [0.15, 0.2) is 47.6 Å². The molecule has 200 valence electrons. The molecule has 0 amide bonds. The Morgan fingerprint density at radius 1 is 0.974 bits per heavy atom. The molecule has 12 nitrogen and oxygen atoms in total. The second-order valence-corrected chi connectivity index (χ2v) is 7.26. The third kappa shape index (κ3) is 6.45. The molecule has 0 saturated heterocycles. The lowest BCUT2D eigenvalue weighted by Gasteiger charge is -2.22. The number of rotatable bonds is 8. The third-order valence-electron chi connectivity index (χ3n) is 4.54. The second-order valence-electron chi connectivity index (χ2n) is 7.26. The number of hydrogen-bond acceptors (Lipinski definition) is 11. The number of non-ortho nitro benzene ring substituents is 1. The topological polar surface area (TPSA) is 146 Å². The molecule has 18 heteroatoms. The van der Waals surface area contributed by atoms with Gasteiger partial charge in [0.05, 0.1) is 11.1 Å². The number of hydrogen-bond donors (Lipinski definition) is 2. The molecule has 0 bridgehead atoms. The molecule has 0 saturated carbocycles. The zero-order chi connectivity index (χ0) is 27.5. The van der Waals surface area contributed by atoms with Gasteiger partial charge in [0.2, 0.25) is 12.7 Å². The molecule has 1 aromatic heterocycles. The molecule has 0 spiro atoms. The predicted octanol–water partition coefficient (Wildman–Crippen LogP) is 4.57. The molecular formula is C20H13F6N7O5. The van der Waals surface area contributed by atoms with Crippen LogP contribution in [-0.2, 0) is 0 Å². The molecule has 2 heterocycles. The number of anilines is 3. The van der Waals surface area contributed by atoms with Crippen LogP contribution in [-0.4, -0.2) is 51.3 Å². The van der Waals surface area contributed by atoms with Crippen molar-refractivity contribution in [3.63, 3.8) is 0 Å². The highest BCUT2D eigenvalue weighted by Crippen LogP contribution is 2.36. The summed E-state index contributed by atoms with van der Waals surface area (Å²) >= 11 is 0. The van der Waals surface area contributed by atoms with Gasteiger partial charge in [-0.05, 0) is 35.9 Å². The van der Waals surface area contributed by atoms with Gasteiger partial charge in [0.15, 0.2) is 11.5 Å². The van der Waals surface area contributed by atoms with E-state index < -0.39 is 41.3 Å². The fourth-order valence-electron chi connectivity index (χ4n) is 2.89. The number of aromatic nitrogens is 3. The van der Waals surface area contributed by atoms with Gasteiger partial charge in [0.1, 0.15) is 0 Å². The first kappa shape index (κ1) is 26.2. The smallest absolute Gasteiger partial charge is 0.434 e. The molecule has 3 aromatic rings. The number of benzene rings is 2. The minimum absolute atomic E-state index is 0.0309. The third-order valence-corrected chi connectivity index (χ3v) is 4.54. The predicted molar refractivity (Wildman–Crippen MR) is 117 cm³/mol. The molecule has 0 fully saturated rings. The van der Waals surface area contributed by atoms with Gasteiger partial charge in [-0.25, -0.2) is 5.43 Å². The van der Waals surface area contributed by atoms with Crippen LogP contribution < -0.4 is 25.0 Å². The lowest BCUT2D eigenvalue weighted by Crippen LogP contribution is -2.46. The lowest BCUT2D eigenvalue weighted by molar-refractivity contribution is -0.384. The van der Waals surface area contributed by atoms with Crippen LogP contribution in [0.1, 0.15) is 5.56 Å². The Balaban J connectivity index is 1.60. The first-order valence-electron chi connectivity index (χ1n) is 10.1. The number of nitro benzene ring substituents is 1. The quantitative estimate of drug-likeness (QED) is 0.179. The number of fused-ring (bicyclic) bond motifs is 1. The highest BCUT2D eigenvalue weighted by Gasteiger charge is 2.59. The average Bonchev–Trinajstić information content (AvgIpc) is 3.29. The second kappa shape index (κ2) is 10.2. The van der Waals surface area contributed by atoms with Crippen molar-refractivity contribution < 1.29 is 45.5 Å². The van der Waals surface area contributed by atoms with E-state index in [0.717, 1.165) is 12.1 Å². The largest absolute Gasteiger partial charge is 0.454 e. The van der Waals surface area contributed by atoms with Crippen molar-refractivity contribution in [1.29, 1.82) is 0 Å². The number of nitrogens with zero attached hydrogens (tertiary/aromatic N) is 5. The van der Waals surface area contributed by atoms with E-state index in [1.54, 1.807) is 18.2 Å². The number of nitro groups is 1. The van der Waals surface area contributed by atoms with Gasteiger partial charge in [0, 0.05) is 17.8 Å². The minimum Gasteiger partial charge on any atom is -0.454 e. The molecule has 4 rings (SSSR count). The molecule has 1 aliphatic heterocycles. The van der Waals surface area contributed by atoms with Crippen LogP contribution in [0.3, 0.4) is 0 Å². The minimum atomic E-state index is -5.83. The Hall–Kier alpha value is -4.90. The zero-order valence-corrected chi connectivity index (χ0v) is 18.4. The summed E-state index contributed by atoms with van der Waals surface area (Å²) in [5.41, 5.74) is 2.60. The molecule has 2 N–H and O–H groups in total. The van der Waals surface area contributed by atoms with Crippen LogP contribution in [0.5, 0.6) is 17.5 Å². The fourth-order valence-corrected chi connectivity index (χ4v) is 2.89. The lowest BCUT2D eigenvalue weighted by atomic mass is 10.2. The Bertz CT molecular complexity index is 1340. The highest BCUT2D eigenvalue weighted by molar-refractivity contribution is 5.81. The molecule has 2 aromatic carbocycles. The van der Waals surface area contributed by atoms with Crippen LogP contribution in [0.2, 0.25) is 0 Å². The Morgan fingerprint density at radius 2 is 1.63 bits per heavy atom. The Morgan fingerprint density at radius 3 is 2.29 bits per heavy atom. The van der Waals surface area contributed by atoms with E-state index in [-0.39, 0.29) is 18.2 Å². The van der Waals surface area contributed by atoms with Gasteiger partial charge in [-0.1, -0.05) is 0 Å². The summed E-state index contributed by atoms with van der Waals surface area (Å²) in [5, 5.41) is 17.1. The van der Waals surface area contributed by atoms with Gasteiger partial charge >= 0.3 is 18.4 Å². The Kier molecular flexibility index (Phi) is 7.04. The van der Waals surface area contributed by atoms with Crippen molar-refractivity contribution in [3.05, 3.63) is 58.1 Å². The SMILES string of the molecule is O=[N+]([O-])c1ccc(Nc2nc(NN=Cc3ccc4c(c3)OCO4)nc(OC(C(F)(F)F)C(F)(F)F)n2)cc1. The zero-order valence-electron chi connectivity index (χ0n) is 18.4. The van der Waals surface area contributed by atoms with Crippen LogP contribution >= 0.6 is 0 Å². The number of nitrogens with one attached hydrogen (secondary N) is 2. The van der Waals surface area contributed by atoms with Crippen molar-refractivity contribution in [3.8, 4) is 17.5 Å². The van der Waals surface area contributed by atoms with E-state index in [4.69, 9.17) is 9.47 Å². The van der Waals surface area contributed by atoms with Crippen LogP contribution in [0, 0.1) is 10.1 Å². The molecule has 38 heavy (non-hydrogen) atoms. The van der Waals surface area contributed by atoms with E-state index >= 15 is 0 Å². The van der Waals surface area contributed by atoms with Crippen LogP contribution in [0.4, 0.5) is 49.6 Å². The summed E-state index contributed by atoms with van der Waals surface area (Å²) in [4.78, 5) is 20.8. The maximum absolute atomic E-state index is 13.0. The van der Waals surface area contributed by atoms with E-state index in [1.165, 1.54) is 18.3 Å². The molecule has 0 radical (unpaired) electrons. The molecular weight excluding hydrogens is 532 g/mol. The van der Waals surface area contributed by atoms with Crippen molar-refractivity contribution in [2.75, 3.05) is 17.5 Å². The molecule has 0 aliphatic carbocycles. The van der Waals surface area contributed by atoms with E-state index in [0.29, 0.717) is 17.1 Å². The summed E-state index contributed by atoms with van der Waals surface area (Å²) in [6.07, 6.45) is -14.7. The van der Waals surface area contributed by atoms with Gasteiger partial charge in [-0.2, -0.15) is 46.4 Å². The number of halogens is 6.